The highest BCUT2D eigenvalue weighted by atomic mass is 16.6. The summed E-state index contributed by atoms with van der Waals surface area (Å²) in [5.74, 6) is 0.805. The molecule has 2 aromatic rings. The molecule has 1 aromatic carbocycles. The lowest BCUT2D eigenvalue weighted by atomic mass is 10.2. The van der Waals surface area contributed by atoms with E-state index >= 15 is 0 Å². The molecule has 0 aliphatic heterocycles. The summed E-state index contributed by atoms with van der Waals surface area (Å²) in [5.41, 5.74) is 1.64. The fraction of sp³-hybridized carbons (Fsp3) is 0.312. The molecule has 1 aromatic heterocycles. The second kappa shape index (κ2) is 7.44. The van der Waals surface area contributed by atoms with Crippen LogP contribution in [0.1, 0.15) is 19.4 Å². The number of benzene rings is 1. The SMILES string of the molecule is COc1cc(NCc2ccc(OC(C)C)nc2)ccc1[N+](=O)[O-]. The van der Waals surface area contributed by atoms with E-state index in [1.165, 1.54) is 13.2 Å². The Morgan fingerprint density at radius 3 is 2.65 bits per heavy atom. The zero-order valence-electron chi connectivity index (χ0n) is 13.3. The Labute approximate surface area is 134 Å². The van der Waals surface area contributed by atoms with E-state index in [1.807, 2.05) is 26.0 Å². The lowest BCUT2D eigenvalue weighted by Gasteiger charge is -2.10. The predicted octanol–water partition coefficient (Wildman–Crippen LogP) is 3.40. The van der Waals surface area contributed by atoms with E-state index in [1.54, 1.807) is 18.3 Å². The van der Waals surface area contributed by atoms with Crippen LogP contribution in [0.2, 0.25) is 0 Å². The molecule has 1 N–H and O–H groups in total. The zero-order valence-corrected chi connectivity index (χ0v) is 13.3. The van der Waals surface area contributed by atoms with Gasteiger partial charge < -0.3 is 14.8 Å². The number of aromatic nitrogens is 1. The maximum absolute atomic E-state index is 10.9. The van der Waals surface area contributed by atoms with E-state index in [4.69, 9.17) is 9.47 Å². The number of rotatable bonds is 7. The molecule has 0 spiro atoms. The number of methoxy groups -OCH3 is 1. The van der Waals surface area contributed by atoms with Gasteiger partial charge in [-0.2, -0.15) is 0 Å². The molecule has 0 bridgehead atoms. The molecule has 0 unspecified atom stereocenters. The van der Waals surface area contributed by atoms with Crippen LogP contribution in [0.5, 0.6) is 11.6 Å². The summed E-state index contributed by atoms with van der Waals surface area (Å²) >= 11 is 0. The minimum Gasteiger partial charge on any atom is -0.490 e. The number of hydrogen-bond acceptors (Lipinski definition) is 6. The Morgan fingerprint density at radius 1 is 1.30 bits per heavy atom. The number of nitrogens with one attached hydrogen (secondary N) is 1. The summed E-state index contributed by atoms with van der Waals surface area (Å²) in [6.07, 6.45) is 1.81. The third-order valence-electron chi connectivity index (χ3n) is 3.03. The minimum absolute atomic E-state index is 0.0603. The topological polar surface area (TPSA) is 86.5 Å². The molecule has 7 nitrogen and oxygen atoms in total. The van der Waals surface area contributed by atoms with Crippen LogP contribution in [-0.4, -0.2) is 23.1 Å². The van der Waals surface area contributed by atoms with Crippen molar-refractivity contribution in [1.82, 2.24) is 4.98 Å². The minimum atomic E-state index is -0.472. The normalized spacial score (nSPS) is 10.4. The number of pyridine rings is 1. The van der Waals surface area contributed by atoms with E-state index in [-0.39, 0.29) is 17.5 Å². The van der Waals surface area contributed by atoms with Crippen molar-refractivity contribution >= 4 is 11.4 Å². The highest BCUT2D eigenvalue weighted by Crippen LogP contribution is 2.29. The van der Waals surface area contributed by atoms with Gasteiger partial charge in [0, 0.05) is 36.6 Å². The van der Waals surface area contributed by atoms with Crippen LogP contribution < -0.4 is 14.8 Å². The molecule has 0 radical (unpaired) electrons. The third-order valence-corrected chi connectivity index (χ3v) is 3.03. The third kappa shape index (κ3) is 4.57. The average Bonchev–Trinajstić information content (AvgIpc) is 2.53. The van der Waals surface area contributed by atoms with Crippen LogP contribution in [0, 0.1) is 10.1 Å². The van der Waals surface area contributed by atoms with E-state index < -0.39 is 4.92 Å². The number of ether oxygens (including phenoxy) is 2. The molecular weight excluding hydrogens is 298 g/mol. The van der Waals surface area contributed by atoms with Gasteiger partial charge in [-0.05, 0) is 25.5 Å². The maximum atomic E-state index is 10.9. The van der Waals surface area contributed by atoms with Gasteiger partial charge in [-0.1, -0.05) is 6.07 Å². The molecule has 0 saturated carbocycles. The second-order valence-corrected chi connectivity index (χ2v) is 5.17. The van der Waals surface area contributed by atoms with E-state index in [9.17, 15) is 10.1 Å². The van der Waals surface area contributed by atoms with Crippen molar-refractivity contribution in [3.05, 3.63) is 52.2 Å². The van der Waals surface area contributed by atoms with Gasteiger partial charge in [-0.3, -0.25) is 10.1 Å². The van der Waals surface area contributed by atoms with Crippen molar-refractivity contribution in [1.29, 1.82) is 0 Å². The first kappa shape index (κ1) is 16.5. The first-order valence-corrected chi connectivity index (χ1v) is 7.17. The molecule has 0 atom stereocenters. The molecule has 7 heteroatoms. The largest absolute Gasteiger partial charge is 0.490 e. The molecule has 0 aliphatic carbocycles. The van der Waals surface area contributed by atoms with Crippen molar-refractivity contribution in [3.8, 4) is 11.6 Å². The predicted molar refractivity (Wildman–Crippen MR) is 87.0 cm³/mol. The van der Waals surface area contributed by atoms with E-state index in [2.05, 4.69) is 10.3 Å². The molecule has 122 valence electrons. The summed E-state index contributed by atoms with van der Waals surface area (Å²) in [6, 6.07) is 8.39. The van der Waals surface area contributed by atoms with Crippen molar-refractivity contribution < 1.29 is 14.4 Å². The van der Waals surface area contributed by atoms with Gasteiger partial charge in [0.2, 0.25) is 5.88 Å². The average molecular weight is 317 g/mol. The Balaban J connectivity index is 2.01. The molecule has 1 heterocycles. The standard InChI is InChI=1S/C16H19N3O4/c1-11(2)23-16-7-4-12(10-18-16)9-17-13-5-6-14(19(20)21)15(8-13)22-3/h4-8,10-11,17H,9H2,1-3H3. The maximum Gasteiger partial charge on any atom is 0.311 e. The molecule has 23 heavy (non-hydrogen) atoms. The Morgan fingerprint density at radius 2 is 2.09 bits per heavy atom. The lowest BCUT2D eigenvalue weighted by Crippen LogP contribution is -2.07. The zero-order chi connectivity index (χ0) is 16.8. The quantitative estimate of drug-likeness (QED) is 0.622. The van der Waals surface area contributed by atoms with Crippen LogP contribution >= 0.6 is 0 Å². The van der Waals surface area contributed by atoms with E-state index in [0.717, 1.165) is 11.3 Å². The van der Waals surface area contributed by atoms with Crippen molar-refractivity contribution in [2.75, 3.05) is 12.4 Å². The van der Waals surface area contributed by atoms with Gasteiger partial charge in [0.05, 0.1) is 18.1 Å². The number of anilines is 1. The highest BCUT2D eigenvalue weighted by molar-refractivity contribution is 5.58. The van der Waals surface area contributed by atoms with Gasteiger partial charge in [-0.15, -0.1) is 0 Å². The van der Waals surface area contributed by atoms with Crippen LogP contribution in [-0.2, 0) is 6.54 Å². The molecule has 0 saturated heterocycles. The van der Waals surface area contributed by atoms with E-state index in [0.29, 0.717) is 12.4 Å². The fourth-order valence-corrected chi connectivity index (χ4v) is 1.97. The molecule has 0 fully saturated rings. The fourth-order valence-electron chi connectivity index (χ4n) is 1.97. The number of hydrogen-bond donors (Lipinski definition) is 1. The monoisotopic (exact) mass is 317 g/mol. The number of nitro groups is 1. The van der Waals surface area contributed by atoms with Crippen molar-refractivity contribution in [2.45, 2.75) is 26.5 Å². The van der Waals surface area contributed by atoms with Crippen molar-refractivity contribution in [3.63, 3.8) is 0 Å². The molecule has 0 amide bonds. The molecule has 2 rings (SSSR count). The highest BCUT2D eigenvalue weighted by Gasteiger charge is 2.14. The number of nitrogens with zero attached hydrogens (tertiary/aromatic N) is 2. The van der Waals surface area contributed by atoms with Gasteiger partial charge in [0.15, 0.2) is 5.75 Å². The van der Waals surface area contributed by atoms with Gasteiger partial charge in [0.1, 0.15) is 0 Å². The lowest BCUT2D eigenvalue weighted by molar-refractivity contribution is -0.385. The smallest absolute Gasteiger partial charge is 0.311 e. The van der Waals surface area contributed by atoms with Gasteiger partial charge >= 0.3 is 5.69 Å². The molecular formula is C16H19N3O4. The van der Waals surface area contributed by atoms with Crippen LogP contribution in [0.4, 0.5) is 11.4 Å². The van der Waals surface area contributed by atoms with Crippen LogP contribution in [0.25, 0.3) is 0 Å². The Hall–Kier alpha value is -2.83. The first-order chi connectivity index (χ1) is 11.0. The first-order valence-electron chi connectivity index (χ1n) is 7.17. The summed E-state index contributed by atoms with van der Waals surface area (Å²) in [6.45, 7) is 4.42. The Bertz CT molecular complexity index is 672. The van der Waals surface area contributed by atoms with Crippen molar-refractivity contribution in [2.24, 2.45) is 0 Å². The number of nitro benzene ring substituents is 1. The summed E-state index contributed by atoms with van der Waals surface area (Å²) in [7, 11) is 1.41. The van der Waals surface area contributed by atoms with Crippen LogP contribution in [0.15, 0.2) is 36.5 Å². The molecule has 0 aliphatic rings. The summed E-state index contributed by atoms with van der Waals surface area (Å²) in [5, 5.41) is 14.0. The Kier molecular flexibility index (Phi) is 5.35. The second-order valence-electron chi connectivity index (χ2n) is 5.17. The van der Waals surface area contributed by atoms with Crippen LogP contribution in [0.3, 0.4) is 0 Å². The summed E-state index contributed by atoms with van der Waals surface area (Å²) in [4.78, 5) is 14.6. The van der Waals surface area contributed by atoms with Gasteiger partial charge in [-0.25, -0.2) is 4.98 Å². The van der Waals surface area contributed by atoms with Gasteiger partial charge in [0.25, 0.3) is 0 Å². The summed E-state index contributed by atoms with van der Waals surface area (Å²) < 4.78 is 10.5.